The number of para-hydroxylation sites is 1. The number of hydrogen-bond acceptors (Lipinski definition) is 2. The highest BCUT2D eigenvalue weighted by molar-refractivity contribution is 5.99. The quantitative estimate of drug-likeness (QED) is 0.631. The van der Waals surface area contributed by atoms with Crippen LogP contribution in [0.5, 0.6) is 0 Å². The van der Waals surface area contributed by atoms with Crippen LogP contribution in [0.4, 0.5) is 10.1 Å². The minimum atomic E-state index is -0.347. The van der Waals surface area contributed by atoms with Crippen LogP contribution in [0.15, 0.2) is 60.5 Å². The number of nitrogens with one attached hydrogen (secondary N) is 1. The highest BCUT2D eigenvalue weighted by Crippen LogP contribution is 2.10. The van der Waals surface area contributed by atoms with Gasteiger partial charge in [0.05, 0.1) is 5.56 Å². The molecule has 3 nitrogen and oxygen atoms in total. The second-order valence-corrected chi connectivity index (χ2v) is 3.94. The molecule has 19 heavy (non-hydrogen) atoms. The molecule has 0 saturated heterocycles. The molecule has 3 N–H and O–H groups in total. The number of amides is 1. The summed E-state index contributed by atoms with van der Waals surface area (Å²) in [5.41, 5.74) is 7.12. The maximum absolute atomic E-state index is 12.8. The average Bonchev–Trinajstić information content (AvgIpc) is 2.42. The van der Waals surface area contributed by atoms with E-state index in [4.69, 9.17) is 5.73 Å². The van der Waals surface area contributed by atoms with Crippen molar-refractivity contribution in [2.24, 2.45) is 0 Å². The van der Waals surface area contributed by atoms with Gasteiger partial charge in [-0.05, 0) is 30.7 Å². The van der Waals surface area contributed by atoms with E-state index in [1.54, 1.807) is 31.2 Å². The van der Waals surface area contributed by atoms with Crippen LogP contribution in [-0.2, 0) is 0 Å². The predicted octanol–water partition coefficient (Wildman–Crippen LogP) is 2.98. The van der Waals surface area contributed by atoms with Gasteiger partial charge in [-0.2, -0.15) is 0 Å². The van der Waals surface area contributed by atoms with Crippen molar-refractivity contribution in [2.45, 2.75) is 6.92 Å². The van der Waals surface area contributed by atoms with Gasteiger partial charge in [0, 0.05) is 12.2 Å². The molecule has 100 valence electrons. The van der Waals surface area contributed by atoms with Crippen molar-refractivity contribution >= 4 is 11.6 Å². The third-order valence-electron chi connectivity index (χ3n) is 2.44. The first-order valence-electron chi connectivity index (χ1n) is 5.85. The molecule has 0 fully saturated rings. The second kappa shape index (κ2) is 7.16. The topological polar surface area (TPSA) is 55.1 Å². The summed E-state index contributed by atoms with van der Waals surface area (Å²) >= 11 is 0. The fourth-order valence-electron chi connectivity index (χ4n) is 1.35. The number of halogens is 1. The molecule has 1 aromatic carbocycles. The van der Waals surface area contributed by atoms with Crippen LogP contribution in [0.25, 0.3) is 0 Å². The Bertz CT molecular complexity index is 533. The molecule has 0 heterocycles. The van der Waals surface area contributed by atoms with Crippen molar-refractivity contribution in [3.05, 3.63) is 66.0 Å². The smallest absolute Gasteiger partial charge is 0.253 e. The van der Waals surface area contributed by atoms with E-state index in [-0.39, 0.29) is 18.3 Å². The van der Waals surface area contributed by atoms with Crippen LogP contribution < -0.4 is 11.1 Å². The van der Waals surface area contributed by atoms with Gasteiger partial charge in [-0.25, -0.2) is 4.39 Å². The number of nitrogens with two attached hydrogens (primary N) is 1. The van der Waals surface area contributed by atoms with Gasteiger partial charge in [0.2, 0.25) is 0 Å². The van der Waals surface area contributed by atoms with E-state index in [9.17, 15) is 9.18 Å². The lowest BCUT2D eigenvalue weighted by atomic mass is 10.1. The van der Waals surface area contributed by atoms with E-state index in [0.29, 0.717) is 16.8 Å². The number of carbonyl (C=O) groups is 1. The minimum Gasteiger partial charge on any atom is -0.398 e. The molecule has 4 heteroatoms. The largest absolute Gasteiger partial charge is 0.398 e. The highest BCUT2D eigenvalue weighted by atomic mass is 19.1. The van der Waals surface area contributed by atoms with Crippen LogP contribution in [0.2, 0.25) is 0 Å². The van der Waals surface area contributed by atoms with Crippen LogP contribution in [0.1, 0.15) is 17.3 Å². The normalized spacial score (nSPS) is 11.6. The Morgan fingerprint density at radius 1 is 1.42 bits per heavy atom. The SMILES string of the molecule is C=C(/C=C\C(F)=C/C)CNC(=O)c1ccccc1N. The van der Waals surface area contributed by atoms with Gasteiger partial charge < -0.3 is 11.1 Å². The molecule has 0 unspecified atom stereocenters. The van der Waals surface area contributed by atoms with Crippen molar-refractivity contribution in [1.29, 1.82) is 0 Å². The van der Waals surface area contributed by atoms with Crippen LogP contribution in [0, 0.1) is 0 Å². The molecule has 1 amide bonds. The minimum absolute atomic E-state index is 0.237. The van der Waals surface area contributed by atoms with Gasteiger partial charge in [0.15, 0.2) is 0 Å². The molecule has 0 aliphatic rings. The highest BCUT2D eigenvalue weighted by Gasteiger charge is 2.07. The summed E-state index contributed by atoms with van der Waals surface area (Å²) in [4.78, 5) is 11.8. The first-order valence-corrected chi connectivity index (χ1v) is 5.85. The van der Waals surface area contributed by atoms with Gasteiger partial charge in [0.1, 0.15) is 5.83 Å². The maximum atomic E-state index is 12.8. The number of rotatable bonds is 5. The Hall–Kier alpha value is -2.36. The van der Waals surface area contributed by atoms with E-state index in [1.807, 2.05) is 0 Å². The maximum Gasteiger partial charge on any atom is 0.253 e. The number of allylic oxidation sites excluding steroid dienone is 3. The van der Waals surface area contributed by atoms with Gasteiger partial charge in [-0.3, -0.25) is 4.79 Å². The number of hydrogen-bond donors (Lipinski definition) is 2. The van der Waals surface area contributed by atoms with Crippen molar-refractivity contribution in [1.82, 2.24) is 5.32 Å². The Labute approximate surface area is 112 Å². The summed E-state index contributed by atoms with van der Waals surface area (Å²) in [5, 5.41) is 2.67. The lowest BCUT2D eigenvalue weighted by molar-refractivity contribution is 0.0958. The summed E-state index contributed by atoms with van der Waals surface area (Å²) in [5.74, 6) is -0.626. The molecule has 1 aromatic rings. The number of carbonyl (C=O) groups excluding carboxylic acids is 1. The van der Waals surface area contributed by atoms with Crippen molar-refractivity contribution in [3.63, 3.8) is 0 Å². The molecule has 0 radical (unpaired) electrons. The Morgan fingerprint density at radius 2 is 2.11 bits per heavy atom. The summed E-state index contributed by atoms with van der Waals surface area (Å²) in [6.07, 6.45) is 4.16. The molecule has 0 spiro atoms. The number of anilines is 1. The fourth-order valence-corrected chi connectivity index (χ4v) is 1.35. The molecule has 1 rings (SSSR count). The average molecular weight is 260 g/mol. The van der Waals surface area contributed by atoms with Crippen molar-refractivity contribution in [3.8, 4) is 0 Å². The van der Waals surface area contributed by atoms with Crippen LogP contribution >= 0.6 is 0 Å². The molecule has 0 bridgehead atoms. The molecule has 0 aliphatic carbocycles. The summed E-state index contributed by atoms with van der Waals surface area (Å²) in [7, 11) is 0. The molecule has 0 saturated carbocycles. The van der Waals surface area contributed by atoms with Crippen LogP contribution in [0.3, 0.4) is 0 Å². The molecule has 0 aliphatic heterocycles. The van der Waals surface area contributed by atoms with Gasteiger partial charge >= 0.3 is 0 Å². The predicted molar refractivity (Wildman–Crippen MR) is 76.3 cm³/mol. The molecular formula is C15H17FN2O. The Balaban J connectivity index is 2.54. The molecule has 0 aromatic heterocycles. The van der Waals surface area contributed by atoms with E-state index in [1.165, 1.54) is 18.2 Å². The van der Waals surface area contributed by atoms with Crippen molar-refractivity contribution in [2.75, 3.05) is 12.3 Å². The fraction of sp³-hybridized carbons (Fsp3) is 0.133. The van der Waals surface area contributed by atoms with Gasteiger partial charge in [-0.15, -0.1) is 0 Å². The third-order valence-corrected chi connectivity index (χ3v) is 2.44. The van der Waals surface area contributed by atoms with Gasteiger partial charge in [-0.1, -0.05) is 30.9 Å². The summed E-state index contributed by atoms with van der Waals surface area (Å²) in [6.45, 7) is 5.56. The standard InChI is InChI=1S/C15H17FN2O/c1-3-12(16)9-8-11(2)10-18-15(19)13-6-4-5-7-14(13)17/h3-9H,2,10,17H2,1H3,(H,18,19)/b9-8-,12-3+. The zero-order valence-corrected chi connectivity index (χ0v) is 10.8. The first-order chi connectivity index (χ1) is 9.04. The lowest BCUT2D eigenvalue weighted by Gasteiger charge is -2.07. The zero-order valence-electron chi connectivity index (χ0n) is 10.8. The van der Waals surface area contributed by atoms with Gasteiger partial charge in [0.25, 0.3) is 5.91 Å². The van der Waals surface area contributed by atoms with Crippen LogP contribution in [-0.4, -0.2) is 12.5 Å². The summed E-state index contributed by atoms with van der Waals surface area (Å²) < 4.78 is 12.8. The molecule has 0 atom stereocenters. The lowest BCUT2D eigenvalue weighted by Crippen LogP contribution is -2.25. The van der Waals surface area contributed by atoms with E-state index < -0.39 is 0 Å². The van der Waals surface area contributed by atoms with E-state index in [2.05, 4.69) is 11.9 Å². The Morgan fingerprint density at radius 3 is 2.74 bits per heavy atom. The van der Waals surface area contributed by atoms with E-state index in [0.717, 1.165) is 0 Å². The monoisotopic (exact) mass is 260 g/mol. The van der Waals surface area contributed by atoms with Crippen molar-refractivity contribution < 1.29 is 9.18 Å². The number of benzene rings is 1. The number of nitrogen functional groups attached to an aromatic ring is 1. The zero-order chi connectivity index (χ0) is 14.3. The third kappa shape index (κ3) is 4.79. The van der Waals surface area contributed by atoms with E-state index >= 15 is 0 Å². The molecular weight excluding hydrogens is 243 g/mol. The Kier molecular flexibility index (Phi) is 5.54. The summed E-state index contributed by atoms with van der Waals surface area (Å²) in [6, 6.07) is 6.79. The second-order valence-electron chi connectivity index (χ2n) is 3.94. The first kappa shape index (κ1) is 14.7.